The molecule has 1 N–H and O–H groups in total. The molecule has 0 aliphatic carbocycles. The van der Waals surface area contributed by atoms with Crippen LogP contribution in [0, 0.1) is 17.1 Å². The molecule has 2 nitrogen and oxygen atoms in total. The number of hydrogen-bond donors (Lipinski definition) is 1. The van der Waals surface area contributed by atoms with E-state index < -0.39 is 6.04 Å². The van der Waals surface area contributed by atoms with Crippen molar-refractivity contribution in [1.29, 1.82) is 5.26 Å². The standard InChI is InChI=1S/C11H12BrFN2/c1-7(2)15-11(6-14)9-4-3-8(12)5-10(9)13/h3-5,7,11,15H,1-2H3. The van der Waals surface area contributed by atoms with Crippen LogP contribution in [0.3, 0.4) is 0 Å². The summed E-state index contributed by atoms with van der Waals surface area (Å²) < 4.78 is 14.2. The summed E-state index contributed by atoms with van der Waals surface area (Å²) in [6, 6.07) is 6.28. The fraction of sp³-hybridized carbons (Fsp3) is 0.364. The largest absolute Gasteiger partial charge is 0.296 e. The quantitative estimate of drug-likeness (QED) is 0.916. The van der Waals surface area contributed by atoms with Crippen LogP contribution in [0.5, 0.6) is 0 Å². The highest BCUT2D eigenvalue weighted by Crippen LogP contribution is 2.21. The van der Waals surface area contributed by atoms with Gasteiger partial charge in [-0.15, -0.1) is 0 Å². The summed E-state index contributed by atoms with van der Waals surface area (Å²) in [6.45, 7) is 3.84. The lowest BCUT2D eigenvalue weighted by molar-refractivity contribution is 0.518. The minimum atomic E-state index is -0.599. The summed E-state index contributed by atoms with van der Waals surface area (Å²) in [5, 5.41) is 11.9. The molecular weight excluding hydrogens is 259 g/mol. The molecule has 80 valence electrons. The van der Waals surface area contributed by atoms with Gasteiger partial charge in [-0.1, -0.05) is 22.0 Å². The number of nitrogens with zero attached hydrogens (tertiary/aromatic N) is 1. The molecule has 0 saturated carbocycles. The lowest BCUT2D eigenvalue weighted by Gasteiger charge is -2.15. The van der Waals surface area contributed by atoms with Crippen molar-refractivity contribution >= 4 is 15.9 Å². The molecule has 1 rings (SSSR count). The van der Waals surface area contributed by atoms with Crippen LogP contribution in [0.25, 0.3) is 0 Å². The van der Waals surface area contributed by atoms with Gasteiger partial charge in [0.05, 0.1) is 6.07 Å². The zero-order valence-corrected chi connectivity index (χ0v) is 10.2. The average Bonchev–Trinajstić information content (AvgIpc) is 2.14. The highest BCUT2D eigenvalue weighted by Gasteiger charge is 2.15. The van der Waals surface area contributed by atoms with Gasteiger partial charge in [0.25, 0.3) is 0 Å². The minimum absolute atomic E-state index is 0.137. The number of hydrogen-bond acceptors (Lipinski definition) is 2. The Kier molecular flexibility index (Phi) is 4.25. The Labute approximate surface area is 97.2 Å². The molecule has 0 heterocycles. The van der Waals surface area contributed by atoms with Gasteiger partial charge in [0.2, 0.25) is 0 Å². The molecule has 0 aliphatic heterocycles. The van der Waals surface area contributed by atoms with Crippen molar-refractivity contribution in [3.8, 4) is 6.07 Å². The van der Waals surface area contributed by atoms with E-state index in [1.54, 1.807) is 12.1 Å². The zero-order valence-electron chi connectivity index (χ0n) is 8.59. The number of halogens is 2. The first-order chi connectivity index (χ1) is 7.04. The van der Waals surface area contributed by atoms with E-state index in [1.165, 1.54) is 6.07 Å². The molecule has 0 bridgehead atoms. The summed E-state index contributed by atoms with van der Waals surface area (Å²) in [5.74, 6) is -0.371. The van der Waals surface area contributed by atoms with Crippen molar-refractivity contribution in [3.05, 3.63) is 34.1 Å². The van der Waals surface area contributed by atoms with Crippen molar-refractivity contribution in [2.45, 2.75) is 25.9 Å². The van der Waals surface area contributed by atoms with Gasteiger partial charge in [0.15, 0.2) is 0 Å². The second-order valence-electron chi connectivity index (χ2n) is 3.55. The third-order valence-electron chi connectivity index (χ3n) is 1.90. The van der Waals surface area contributed by atoms with Crippen molar-refractivity contribution in [3.63, 3.8) is 0 Å². The molecule has 0 aromatic heterocycles. The molecule has 1 unspecified atom stereocenters. The van der Waals surface area contributed by atoms with E-state index in [0.717, 1.165) is 0 Å². The summed E-state index contributed by atoms with van der Waals surface area (Å²) in [6.07, 6.45) is 0. The molecule has 1 atom stereocenters. The van der Waals surface area contributed by atoms with Gasteiger partial charge in [-0.3, -0.25) is 5.32 Å². The lowest BCUT2D eigenvalue weighted by Crippen LogP contribution is -2.27. The Balaban J connectivity index is 2.98. The average molecular weight is 271 g/mol. The molecular formula is C11H12BrFN2. The molecule has 1 aromatic rings. The topological polar surface area (TPSA) is 35.8 Å². The highest BCUT2D eigenvalue weighted by molar-refractivity contribution is 9.10. The van der Waals surface area contributed by atoms with Crippen LogP contribution in [-0.4, -0.2) is 6.04 Å². The molecule has 4 heteroatoms. The van der Waals surface area contributed by atoms with Crippen LogP contribution < -0.4 is 5.32 Å². The summed E-state index contributed by atoms with van der Waals surface area (Å²) >= 11 is 3.17. The van der Waals surface area contributed by atoms with E-state index in [2.05, 4.69) is 21.2 Å². The molecule has 0 radical (unpaired) electrons. The molecule has 1 aromatic carbocycles. The third-order valence-corrected chi connectivity index (χ3v) is 2.40. The Morgan fingerprint density at radius 2 is 2.13 bits per heavy atom. The molecule has 0 saturated heterocycles. The SMILES string of the molecule is CC(C)NC(C#N)c1ccc(Br)cc1F. The maximum absolute atomic E-state index is 13.5. The van der Waals surface area contributed by atoms with E-state index in [9.17, 15) is 4.39 Å². The smallest absolute Gasteiger partial charge is 0.130 e. The van der Waals surface area contributed by atoms with Gasteiger partial charge < -0.3 is 0 Å². The van der Waals surface area contributed by atoms with Crippen molar-refractivity contribution in [1.82, 2.24) is 5.32 Å². The second kappa shape index (κ2) is 5.24. The number of nitrogens with one attached hydrogen (secondary N) is 1. The Hall–Kier alpha value is -0.920. The number of benzene rings is 1. The second-order valence-corrected chi connectivity index (χ2v) is 4.46. The van der Waals surface area contributed by atoms with E-state index in [1.807, 2.05) is 19.9 Å². The molecule has 0 aliphatic rings. The van der Waals surface area contributed by atoms with Crippen LogP contribution >= 0.6 is 15.9 Å². The van der Waals surface area contributed by atoms with Gasteiger partial charge in [-0.2, -0.15) is 5.26 Å². The fourth-order valence-corrected chi connectivity index (χ4v) is 1.60. The van der Waals surface area contributed by atoms with E-state index >= 15 is 0 Å². The van der Waals surface area contributed by atoms with E-state index in [0.29, 0.717) is 10.0 Å². The van der Waals surface area contributed by atoms with Gasteiger partial charge >= 0.3 is 0 Å². The molecule has 0 amide bonds. The monoisotopic (exact) mass is 270 g/mol. The maximum atomic E-state index is 13.5. The summed E-state index contributed by atoms with van der Waals surface area (Å²) in [4.78, 5) is 0. The van der Waals surface area contributed by atoms with Crippen molar-refractivity contribution < 1.29 is 4.39 Å². The fourth-order valence-electron chi connectivity index (χ4n) is 1.27. The molecule has 15 heavy (non-hydrogen) atoms. The van der Waals surface area contributed by atoms with Crippen LogP contribution in [0.1, 0.15) is 25.5 Å². The summed E-state index contributed by atoms with van der Waals surface area (Å²) in [5.41, 5.74) is 0.384. The highest BCUT2D eigenvalue weighted by atomic mass is 79.9. The normalized spacial score (nSPS) is 12.5. The van der Waals surface area contributed by atoms with Crippen LogP contribution in [0.4, 0.5) is 4.39 Å². The number of nitriles is 1. The molecule has 0 fully saturated rings. The van der Waals surface area contributed by atoms with Gasteiger partial charge in [-0.05, 0) is 26.0 Å². The maximum Gasteiger partial charge on any atom is 0.130 e. The first-order valence-corrected chi connectivity index (χ1v) is 5.44. The van der Waals surface area contributed by atoms with Gasteiger partial charge in [0, 0.05) is 16.1 Å². The van der Waals surface area contributed by atoms with Crippen LogP contribution in [0.15, 0.2) is 22.7 Å². The van der Waals surface area contributed by atoms with Crippen molar-refractivity contribution in [2.24, 2.45) is 0 Å². The van der Waals surface area contributed by atoms with Gasteiger partial charge in [0.1, 0.15) is 11.9 Å². The Bertz CT molecular complexity index is 385. The molecule has 0 spiro atoms. The minimum Gasteiger partial charge on any atom is -0.296 e. The van der Waals surface area contributed by atoms with Crippen LogP contribution in [0.2, 0.25) is 0 Å². The van der Waals surface area contributed by atoms with Gasteiger partial charge in [-0.25, -0.2) is 4.39 Å². The number of rotatable bonds is 3. The predicted molar refractivity (Wildman–Crippen MR) is 60.7 cm³/mol. The van der Waals surface area contributed by atoms with Crippen LogP contribution in [-0.2, 0) is 0 Å². The van der Waals surface area contributed by atoms with E-state index in [4.69, 9.17) is 5.26 Å². The summed E-state index contributed by atoms with van der Waals surface area (Å²) in [7, 11) is 0. The first-order valence-electron chi connectivity index (χ1n) is 4.65. The zero-order chi connectivity index (χ0) is 11.4. The predicted octanol–water partition coefficient (Wildman–Crippen LogP) is 3.15. The van der Waals surface area contributed by atoms with E-state index in [-0.39, 0.29) is 11.9 Å². The Morgan fingerprint density at radius 1 is 1.47 bits per heavy atom. The third kappa shape index (κ3) is 3.29. The Morgan fingerprint density at radius 3 is 2.60 bits per heavy atom. The lowest BCUT2D eigenvalue weighted by atomic mass is 10.1. The van der Waals surface area contributed by atoms with Crippen molar-refractivity contribution in [2.75, 3.05) is 0 Å². The first kappa shape index (κ1) is 12.2.